The van der Waals surface area contributed by atoms with Gasteiger partial charge in [0.25, 0.3) is 0 Å². The van der Waals surface area contributed by atoms with Crippen LogP contribution in [-0.4, -0.2) is 71.9 Å². The van der Waals surface area contributed by atoms with Gasteiger partial charge in [-0.2, -0.15) is 13.2 Å². The molecule has 0 saturated carbocycles. The molecule has 2 aromatic rings. The van der Waals surface area contributed by atoms with E-state index in [0.29, 0.717) is 36.1 Å². The molecule has 8 N–H and O–H groups in total. The summed E-state index contributed by atoms with van der Waals surface area (Å²) in [5, 5.41) is 13.0. The Morgan fingerprint density at radius 1 is 1.09 bits per heavy atom. The highest BCUT2D eigenvalue weighted by molar-refractivity contribution is 6.62. The van der Waals surface area contributed by atoms with Gasteiger partial charge in [-0.3, -0.25) is 14.4 Å². The third kappa shape index (κ3) is 8.24. The quantitative estimate of drug-likeness (QED) is 0.240. The van der Waals surface area contributed by atoms with Crippen molar-refractivity contribution in [2.45, 2.75) is 81.9 Å². The van der Waals surface area contributed by atoms with Crippen LogP contribution in [0.2, 0.25) is 0 Å². The first-order valence-corrected chi connectivity index (χ1v) is 14.6. The molecular weight excluding hydrogens is 578 g/mol. The van der Waals surface area contributed by atoms with Crippen molar-refractivity contribution in [1.82, 2.24) is 10.2 Å². The fraction of sp³-hybridized carbons (Fsp3) is 0.500. The average Bonchev–Trinajstić information content (AvgIpc) is 3.17. The lowest BCUT2D eigenvalue weighted by molar-refractivity contribution is -0.137. The number of alkyl halides is 3. The van der Waals surface area contributed by atoms with Crippen LogP contribution in [0.5, 0.6) is 0 Å². The molecule has 2 aliphatic heterocycles. The predicted octanol–water partition coefficient (Wildman–Crippen LogP) is 0.492. The van der Waals surface area contributed by atoms with Gasteiger partial charge >= 0.3 is 13.3 Å². The van der Waals surface area contributed by atoms with Crippen molar-refractivity contribution in [3.8, 4) is 0 Å². The molecule has 10 nitrogen and oxygen atoms in total. The third-order valence-corrected chi connectivity index (χ3v) is 8.12. The van der Waals surface area contributed by atoms with Crippen molar-refractivity contribution in [1.29, 1.82) is 0 Å². The van der Waals surface area contributed by atoms with Crippen molar-refractivity contribution in [2.24, 2.45) is 17.2 Å². The second kappa shape index (κ2) is 13.4. The van der Waals surface area contributed by atoms with E-state index >= 15 is 0 Å². The lowest BCUT2D eigenvalue weighted by Crippen LogP contribution is -2.54. The van der Waals surface area contributed by atoms with Crippen molar-refractivity contribution < 1.29 is 37.2 Å². The number of amides is 2. The number of hydrogen-bond donors (Lipinski definition) is 5. The first kappa shape index (κ1) is 33.6. The fourth-order valence-electron chi connectivity index (χ4n) is 5.75. The minimum absolute atomic E-state index is 0.00529. The number of benzene rings is 2. The maximum Gasteiger partial charge on any atom is 0.492 e. The molecule has 4 atom stereocenters. The van der Waals surface area contributed by atoms with Crippen molar-refractivity contribution in [3.05, 3.63) is 64.7 Å². The maximum atomic E-state index is 13.5. The van der Waals surface area contributed by atoms with Crippen LogP contribution in [0, 0.1) is 0 Å². The molecule has 0 bridgehead atoms. The molecule has 0 unspecified atom stereocenters. The molecule has 2 heterocycles. The molecule has 44 heavy (non-hydrogen) atoms. The van der Waals surface area contributed by atoms with Gasteiger partial charge in [-0.25, -0.2) is 0 Å². The SMILES string of the molecule is CC1(C)OB(O)c2cc(CC(=O)[C@@H](Cc3ccc(C(F)(F)F)cc3)NC(=O)[C@@H](N)CCC(=O)N3C[C@@H](N)C[C@H](N)C3)ccc21. The summed E-state index contributed by atoms with van der Waals surface area (Å²) in [6.07, 6.45) is -4.14. The van der Waals surface area contributed by atoms with Crippen molar-refractivity contribution in [2.75, 3.05) is 13.1 Å². The Morgan fingerprint density at radius 2 is 1.70 bits per heavy atom. The molecule has 0 aromatic heterocycles. The molecular formula is C30H39BF3N5O5. The van der Waals surface area contributed by atoms with Crippen LogP contribution in [0.1, 0.15) is 55.4 Å². The van der Waals surface area contributed by atoms with Crippen LogP contribution in [0.15, 0.2) is 42.5 Å². The van der Waals surface area contributed by atoms with Gasteiger partial charge < -0.3 is 37.1 Å². The molecule has 1 fully saturated rings. The summed E-state index contributed by atoms with van der Waals surface area (Å²) in [4.78, 5) is 40.9. The largest absolute Gasteiger partial charge is 0.492 e. The highest BCUT2D eigenvalue weighted by atomic mass is 19.4. The summed E-state index contributed by atoms with van der Waals surface area (Å²) < 4.78 is 44.8. The van der Waals surface area contributed by atoms with E-state index in [9.17, 15) is 32.6 Å². The van der Waals surface area contributed by atoms with Crippen molar-refractivity contribution in [3.63, 3.8) is 0 Å². The highest BCUT2D eigenvalue weighted by Gasteiger charge is 2.40. The zero-order chi connectivity index (χ0) is 32.4. The Kier molecular flexibility index (Phi) is 10.2. The Bertz CT molecular complexity index is 1360. The molecule has 2 amide bonds. The Balaban J connectivity index is 1.45. The number of Topliss-reactive ketones (excluding diaryl/α,β-unsaturated/α-hetero) is 1. The van der Waals surface area contributed by atoms with Crippen LogP contribution in [0.3, 0.4) is 0 Å². The van der Waals surface area contributed by atoms with Crippen molar-refractivity contribution >= 4 is 30.2 Å². The summed E-state index contributed by atoms with van der Waals surface area (Å²) in [5.74, 6) is -1.32. The molecule has 238 valence electrons. The third-order valence-electron chi connectivity index (χ3n) is 8.12. The topological polar surface area (TPSA) is 174 Å². The van der Waals surface area contributed by atoms with Crippen LogP contribution >= 0.6 is 0 Å². The Labute approximate surface area is 254 Å². The predicted molar refractivity (Wildman–Crippen MR) is 158 cm³/mol. The molecule has 0 radical (unpaired) electrons. The molecule has 4 rings (SSSR count). The normalized spacial score (nSPS) is 21.0. The second-order valence-electron chi connectivity index (χ2n) is 12.2. The minimum Gasteiger partial charge on any atom is -0.423 e. The van der Waals surface area contributed by atoms with Gasteiger partial charge in [0.05, 0.1) is 23.2 Å². The zero-order valence-electron chi connectivity index (χ0n) is 24.8. The van der Waals surface area contributed by atoms with Gasteiger partial charge in [-0.05, 0) is 67.4 Å². The van der Waals surface area contributed by atoms with E-state index in [-0.39, 0.29) is 43.7 Å². The smallest absolute Gasteiger partial charge is 0.423 e. The number of hydrogen-bond acceptors (Lipinski definition) is 8. The minimum atomic E-state index is -4.52. The summed E-state index contributed by atoms with van der Waals surface area (Å²) in [6, 6.07) is 6.80. The number of carbonyl (C=O) groups excluding carboxylic acids is 3. The van der Waals surface area contributed by atoms with Crippen LogP contribution < -0.4 is 28.0 Å². The van der Waals surface area contributed by atoms with E-state index in [1.807, 2.05) is 13.8 Å². The van der Waals surface area contributed by atoms with Gasteiger partial charge in [0.15, 0.2) is 5.78 Å². The van der Waals surface area contributed by atoms with Gasteiger partial charge in [0.2, 0.25) is 11.8 Å². The van der Waals surface area contributed by atoms with Gasteiger partial charge in [0.1, 0.15) is 0 Å². The first-order chi connectivity index (χ1) is 20.5. The molecule has 0 aliphatic carbocycles. The highest BCUT2D eigenvalue weighted by Crippen LogP contribution is 2.31. The van der Waals surface area contributed by atoms with E-state index in [0.717, 1.165) is 17.7 Å². The first-order valence-electron chi connectivity index (χ1n) is 14.6. The average molecular weight is 617 g/mol. The van der Waals surface area contributed by atoms with Gasteiger partial charge in [-0.15, -0.1) is 0 Å². The number of nitrogens with two attached hydrogens (primary N) is 3. The molecule has 2 aromatic carbocycles. The molecule has 14 heteroatoms. The zero-order valence-corrected chi connectivity index (χ0v) is 24.8. The van der Waals surface area contributed by atoms with Crippen LogP contribution in [0.25, 0.3) is 0 Å². The van der Waals surface area contributed by atoms with E-state index in [1.165, 1.54) is 12.1 Å². The van der Waals surface area contributed by atoms with E-state index in [2.05, 4.69) is 5.32 Å². The van der Waals surface area contributed by atoms with Gasteiger partial charge in [-0.1, -0.05) is 30.3 Å². The standard InChI is InChI=1S/C30H39BF3N5O5/c1-29(2)22-8-5-18(11-23(22)31(43)44-29)13-26(40)25(12-17-3-6-19(7-4-17)30(32,33)34)38-28(42)24(37)9-10-27(41)39-15-20(35)14-21(36)16-39/h3-8,11,20-21,24-25,43H,9-10,12-16,35-37H2,1-2H3,(H,38,42)/t20-,21-,24-,25+/m0/s1. The van der Waals surface area contributed by atoms with E-state index in [4.69, 9.17) is 21.9 Å². The summed E-state index contributed by atoms with van der Waals surface area (Å²) in [6.45, 7) is 4.35. The summed E-state index contributed by atoms with van der Waals surface area (Å²) >= 11 is 0. The number of carbonyl (C=O) groups is 3. The summed E-state index contributed by atoms with van der Waals surface area (Å²) in [5.41, 5.74) is 18.8. The van der Waals surface area contributed by atoms with E-state index < -0.39 is 48.2 Å². The number of piperidine rings is 1. The number of halogens is 3. The maximum absolute atomic E-state index is 13.5. The Morgan fingerprint density at radius 3 is 2.32 bits per heavy atom. The van der Waals surface area contributed by atoms with Crippen LogP contribution in [0.4, 0.5) is 13.2 Å². The summed E-state index contributed by atoms with van der Waals surface area (Å²) in [7, 11) is -1.16. The number of rotatable bonds is 10. The second-order valence-corrected chi connectivity index (χ2v) is 12.2. The Hall–Kier alpha value is -3.30. The number of nitrogens with zero attached hydrogens (tertiary/aromatic N) is 1. The van der Waals surface area contributed by atoms with Gasteiger partial charge in [0, 0.05) is 38.0 Å². The monoisotopic (exact) mass is 617 g/mol. The lowest BCUT2D eigenvalue weighted by Gasteiger charge is -2.34. The molecule has 2 aliphatic rings. The fourth-order valence-corrected chi connectivity index (χ4v) is 5.75. The lowest BCUT2D eigenvalue weighted by atomic mass is 9.77. The number of likely N-dealkylation sites (tertiary alicyclic amines) is 1. The number of fused-ring (bicyclic) bond motifs is 1. The van der Waals surface area contributed by atoms with Crippen LogP contribution in [-0.2, 0) is 43.7 Å². The molecule has 0 spiro atoms. The number of ketones is 1. The molecule has 1 saturated heterocycles. The van der Waals surface area contributed by atoms with E-state index in [1.54, 1.807) is 23.1 Å². The number of nitrogens with one attached hydrogen (secondary N) is 1.